The molecule has 0 spiro atoms. The van der Waals surface area contributed by atoms with Crippen molar-refractivity contribution in [2.24, 2.45) is 5.92 Å². The number of rotatable bonds is 4. The molecule has 4 rings (SSSR count). The highest BCUT2D eigenvalue weighted by atomic mass is 16.3. The third-order valence-corrected chi connectivity index (χ3v) is 4.75. The first-order valence-corrected chi connectivity index (χ1v) is 8.68. The fourth-order valence-electron chi connectivity index (χ4n) is 3.24. The van der Waals surface area contributed by atoms with Gasteiger partial charge in [0.25, 0.3) is 5.91 Å². The maximum Gasteiger partial charge on any atom is 0.256 e. The molecule has 0 bridgehead atoms. The van der Waals surface area contributed by atoms with Gasteiger partial charge in [0, 0.05) is 11.5 Å². The molecule has 0 saturated carbocycles. The number of amides is 1. The normalized spacial score (nSPS) is 22.1. The van der Waals surface area contributed by atoms with E-state index in [1.807, 2.05) is 22.8 Å². The zero-order valence-electron chi connectivity index (χ0n) is 14.4. The van der Waals surface area contributed by atoms with Crippen LogP contribution in [-0.2, 0) is 0 Å². The third-order valence-electron chi connectivity index (χ3n) is 4.75. The Morgan fingerprint density at radius 2 is 2.00 bits per heavy atom. The van der Waals surface area contributed by atoms with Gasteiger partial charge in [-0.15, -0.1) is 0 Å². The van der Waals surface area contributed by atoms with Crippen LogP contribution in [0.4, 0.5) is 5.82 Å². The standard InChI is InChI=1S/C19H19N5O3/c25-9-13-6-7-14(8-15(13)26)24-11-22-16-17(20-10-21-18(16)24)23-19(27)12-4-2-1-3-5-12/h1-7,10-11,13-15,25-26H,8-9H2,(H,20,21,23,27)/t13-,14+,15-/m0/s1. The van der Waals surface area contributed by atoms with E-state index in [9.17, 15) is 15.0 Å². The molecule has 8 heteroatoms. The first-order valence-electron chi connectivity index (χ1n) is 8.68. The van der Waals surface area contributed by atoms with E-state index in [1.54, 1.807) is 30.6 Å². The van der Waals surface area contributed by atoms with Crippen molar-refractivity contribution in [1.29, 1.82) is 0 Å². The van der Waals surface area contributed by atoms with E-state index in [4.69, 9.17) is 0 Å². The maximum atomic E-state index is 12.4. The molecule has 3 N–H and O–H groups in total. The molecule has 2 heterocycles. The van der Waals surface area contributed by atoms with Crippen molar-refractivity contribution in [3.63, 3.8) is 0 Å². The highest BCUT2D eigenvalue weighted by molar-refractivity contribution is 6.06. The molecule has 3 aromatic rings. The lowest BCUT2D eigenvalue weighted by atomic mass is 9.90. The molecule has 0 unspecified atom stereocenters. The van der Waals surface area contributed by atoms with Crippen molar-refractivity contribution >= 4 is 22.9 Å². The predicted molar refractivity (Wildman–Crippen MR) is 99.1 cm³/mol. The monoisotopic (exact) mass is 365 g/mol. The Kier molecular flexibility index (Phi) is 4.66. The van der Waals surface area contributed by atoms with E-state index in [0.29, 0.717) is 29.0 Å². The summed E-state index contributed by atoms with van der Waals surface area (Å²) in [6.45, 7) is -0.0904. The number of hydrogen-bond donors (Lipinski definition) is 3. The molecule has 1 aliphatic rings. The zero-order valence-corrected chi connectivity index (χ0v) is 14.4. The van der Waals surface area contributed by atoms with Gasteiger partial charge in [-0.2, -0.15) is 0 Å². The SMILES string of the molecule is O=C(Nc1ncnc2c1ncn2[C@@H]1C=C[C@@H](CO)[C@@H](O)C1)c1ccccc1. The molecule has 2 aromatic heterocycles. The van der Waals surface area contributed by atoms with Gasteiger partial charge in [0.05, 0.1) is 25.1 Å². The van der Waals surface area contributed by atoms with E-state index < -0.39 is 6.10 Å². The number of aliphatic hydroxyl groups excluding tert-OH is 2. The van der Waals surface area contributed by atoms with E-state index >= 15 is 0 Å². The summed E-state index contributed by atoms with van der Waals surface area (Å²) in [5.41, 5.74) is 1.57. The Morgan fingerprint density at radius 1 is 1.19 bits per heavy atom. The Balaban J connectivity index is 1.63. The van der Waals surface area contributed by atoms with Gasteiger partial charge in [0.2, 0.25) is 0 Å². The molecule has 0 saturated heterocycles. The highest BCUT2D eigenvalue weighted by Gasteiger charge is 2.26. The van der Waals surface area contributed by atoms with Gasteiger partial charge in [-0.3, -0.25) is 4.79 Å². The van der Waals surface area contributed by atoms with Gasteiger partial charge >= 0.3 is 0 Å². The van der Waals surface area contributed by atoms with Crippen molar-refractivity contribution in [3.8, 4) is 0 Å². The number of allylic oxidation sites excluding steroid dienone is 1. The average molecular weight is 365 g/mol. The van der Waals surface area contributed by atoms with Gasteiger partial charge in [-0.1, -0.05) is 30.4 Å². The van der Waals surface area contributed by atoms with Gasteiger partial charge in [-0.05, 0) is 18.6 Å². The minimum atomic E-state index is -0.637. The highest BCUT2D eigenvalue weighted by Crippen LogP contribution is 2.29. The van der Waals surface area contributed by atoms with Crippen LogP contribution in [0.5, 0.6) is 0 Å². The number of anilines is 1. The minimum absolute atomic E-state index is 0.0904. The molecular weight excluding hydrogens is 346 g/mol. The van der Waals surface area contributed by atoms with E-state index in [1.165, 1.54) is 6.33 Å². The number of benzene rings is 1. The van der Waals surface area contributed by atoms with Gasteiger partial charge in [0.15, 0.2) is 17.0 Å². The lowest BCUT2D eigenvalue weighted by molar-refractivity contribution is 0.0702. The summed E-state index contributed by atoms with van der Waals surface area (Å²) < 4.78 is 1.84. The molecular formula is C19H19N5O3. The Hall–Kier alpha value is -3.10. The summed E-state index contributed by atoms with van der Waals surface area (Å²) in [7, 11) is 0. The van der Waals surface area contributed by atoms with Crippen LogP contribution in [0.25, 0.3) is 11.2 Å². The maximum absolute atomic E-state index is 12.4. The summed E-state index contributed by atoms with van der Waals surface area (Å²) >= 11 is 0. The molecule has 0 aliphatic heterocycles. The van der Waals surface area contributed by atoms with Crippen LogP contribution >= 0.6 is 0 Å². The quantitative estimate of drug-likeness (QED) is 0.605. The molecule has 1 aromatic carbocycles. The van der Waals surface area contributed by atoms with Crippen molar-refractivity contribution in [3.05, 3.63) is 60.7 Å². The number of aromatic nitrogens is 4. The van der Waals surface area contributed by atoms with Crippen molar-refractivity contribution in [2.45, 2.75) is 18.6 Å². The lowest BCUT2D eigenvalue weighted by Gasteiger charge is -2.27. The Bertz CT molecular complexity index is 985. The Morgan fingerprint density at radius 3 is 2.74 bits per heavy atom. The largest absolute Gasteiger partial charge is 0.396 e. The van der Waals surface area contributed by atoms with Crippen molar-refractivity contribution < 1.29 is 15.0 Å². The molecule has 27 heavy (non-hydrogen) atoms. The molecule has 3 atom stereocenters. The fraction of sp³-hybridized carbons (Fsp3) is 0.263. The number of nitrogens with one attached hydrogen (secondary N) is 1. The van der Waals surface area contributed by atoms with Crippen LogP contribution in [0, 0.1) is 5.92 Å². The van der Waals surface area contributed by atoms with Crippen LogP contribution < -0.4 is 5.32 Å². The average Bonchev–Trinajstić information content (AvgIpc) is 3.14. The number of carbonyl (C=O) groups excluding carboxylic acids is 1. The number of aliphatic hydroxyl groups is 2. The van der Waals surface area contributed by atoms with Crippen molar-refractivity contribution in [2.75, 3.05) is 11.9 Å². The fourth-order valence-corrected chi connectivity index (χ4v) is 3.24. The number of imidazole rings is 1. The summed E-state index contributed by atoms with van der Waals surface area (Å²) in [6, 6.07) is 8.73. The van der Waals surface area contributed by atoms with Crippen LogP contribution in [0.2, 0.25) is 0 Å². The number of fused-ring (bicyclic) bond motifs is 1. The van der Waals surface area contributed by atoms with E-state index in [0.717, 1.165) is 0 Å². The molecule has 0 fully saturated rings. The molecule has 1 aliphatic carbocycles. The number of hydrogen-bond acceptors (Lipinski definition) is 6. The van der Waals surface area contributed by atoms with Gasteiger partial charge in [0.1, 0.15) is 6.33 Å². The van der Waals surface area contributed by atoms with Crippen LogP contribution in [0.1, 0.15) is 22.8 Å². The van der Waals surface area contributed by atoms with E-state index in [2.05, 4.69) is 20.3 Å². The minimum Gasteiger partial charge on any atom is -0.396 e. The predicted octanol–water partition coefficient (Wildman–Crippen LogP) is 1.55. The second kappa shape index (κ2) is 7.26. The first kappa shape index (κ1) is 17.3. The number of nitrogens with zero attached hydrogens (tertiary/aromatic N) is 4. The smallest absolute Gasteiger partial charge is 0.256 e. The second-order valence-electron chi connectivity index (χ2n) is 6.47. The number of carbonyl (C=O) groups is 1. The molecule has 1 amide bonds. The third kappa shape index (κ3) is 3.32. The summed E-state index contributed by atoms with van der Waals surface area (Å²) in [5, 5.41) is 22.2. The Labute approximate surface area is 155 Å². The zero-order chi connectivity index (χ0) is 18.8. The van der Waals surface area contributed by atoms with Crippen LogP contribution in [-0.4, -0.2) is 48.4 Å². The van der Waals surface area contributed by atoms with E-state index in [-0.39, 0.29) is 24.5 Å². The molecule has 8 nitrogen and oxygen atoms in total. The second-order valence-corrected chi connectivity index (χ2v) is 6.47. The topological polar surface area (TPSA) is 113 Å². The summed E-state index contributed by atoms with van der Waals surface area (Å²) in [6.07, 6.45) is 6.55. The van der Waals surface area contributed by atoms with Gasteiger partial charge in [-0.25, -0.2) is 15.0 Å². The summed E-state index contributed by atoms with van der Waals surface area (Å²) in [4.78, 5) is 25.2. The van der Waals surface area contributed by atoms with Gasteiger partial charge < -0.3 is 20.1 Å². The van der Waals surface area contributed by atoms with Crippen molar-refractivity contribution in [1.82, 2.24) is 19.5 Å². The summed E-state index contributed by atoms with van der Waals surface area (Å²) in [5.74, 6) is -0.198. The molecule has 0 radical (unpaired) electrons. The lowest BCUT2D eigenvalue weighted by Crippen LogP contribution is -2.29. The molecule has 138 valence electrons. The van der Waals surface area contributed by atoms with Crippen LogP contribution in [0.15, 0.2) is 55.1 Å². The van der Waals surface area contributed by atoms with Crippen LogP contribution in [0.3, 0.4) is 0 Å². The first-order chi connectivity index (χ1) is 13.2.